The first-order chi connectivity index (χ1) is 18.3. The van der Waals surface area contributed by atoms with Crippen molar-refractivity contribution in [1.29, 1.82) is 0 Å². The number of ether oxygens (including phenoxy) is 2. The van der Waals surface area contributed by atoms with Gasteiger partial charge in [-0.1, -0.05) is 40.0 Å². The van der Waals surface area contributed by atoms with E-state index in [1.807, 2.05) is 11.9 Å². The van der Waals surface area contributed by atoms with Gasteiger partial charge in [0.25, 0.3) is 0 Å². The van der Waals surface area contributed by atoms with E-state index < -0.39 is 0 Å². The van der Waals surface area contributed by atoms with Crippen molar-refractivity contribution in [3.05, 3.63) is 35.0 Å². The number of rotatable bonds is 7. The molecule has 38 heavy (non-hydrogen) atoms. The first-order valence-corrected chi connectivity index (χ1v) is 16.2. The standard InChI is InChI=1S/C33H48N2O2S/c1-23-30(38-34-21-24-10-15-36-16-11-24)20-29(35(23)22-25-8-6-5-7-9-25)26-18-27(32(2,3)4)31-28(19-26)33(12-13-33)14-17-37-31/h18-20,24-25,34H,5-17,21-22H2,1-4H3. The molecule has 1 aromatic heterocycles. The quantitative estimate of drug-likeness (QED) is 0.362. The fourth-order valence-corrected chi connectivity index (χ4v) is 7.95. The highest BCUT2D eigenvalue weighted by molar-refractivity contribution is 7.97. The number of fused-ring (bicyclic) bond motifs is 2. The van der Waals surface area contributed by atoms with Crippen LogP contribution in [0.15, 0.2) is 23.1 Å². The second-order valence-electron chi connectivity index (χ2n) is 13.6. The van der Waals surface area contributed by atoms with Crippen molar-refractivity contribution in [1.82, 2.24) is 9.29 Å². The number of aromatic nitrogens is 1. The van der Waals surface area contributed by atoms with Crippen molar-refractivity contribution < 1.29 is 9.47 Å². The highest BCUT2D eigenvalue weighted by Gasteiger charge is 2.49. The molecule has 3 fully saturated rings. The Morgan fingerprint density at radius 1 is 0.947 bits per heavy atom. The maximum absolute atomic E-state index is 6.41. The molecule has 1 saturated heterocycles. The van der Waals surface area contributed by atoms with Gasteiger partial charge in [-0.05, 0) is 105 Å². The molecule has 4 aliphatic rings. The predicted octanol–water partition coefficient (Wildman–Crippen LogP) is 8.18. The van der Waals surface area contributed by atoms with Crippen LogP contribution in [0.4, 0.5) is 0 Å². The Labute approximate surface area is 234 Å². The molecule has 2 saturated carbocycles. The number of nitrogens with zero attached hydrogens (tertiary/aromatic N) is 1. The van der Waals surface area contributed by atoms with Gasteiger partial charge in [-0.15, -0.1) is 0 Å². The topological polar surface area (TPSA) is 35.4 Å². The van der Waals surface area contributed by atoms with Gasteiger partial charge in [-0.25, -0.2) is 0 Å². The number of hydrogen-bond donors (Lipinski definition) is 1. The maximum Gasteiger partial charge on any atom is 0.126 e. The third-order valence-corrected chi connectivity index (χ3v) is 10.8. The summed E-state index contributed by atoms with van der Waals surface area (Å²) >= 11 is 1.85. The van der Waals surface area contributed by atoms with E-state index in [-0.39, 0.29) is 5.41 Å². The minimum Gasteiger partial charge on any atom is -0.493 e. The van der Waals surface area contributed by atoms with Crippen molar-refractivity contribution in [2.75, 3.05) is 26.4 Å². The second kappa shape index (κ2) is 10.9. The summed E-state index contributed by atoms with van der Waals surface area (Å²) in [6.07, 6.45) is 13.1. The summed E-state index contributed by atoms with van der Waals surface area (Å²) in [5.41, 5.74) is 7.49. The van der Waals surface area contributed by atoms with Crippen LogP contribution in [0.5, 0.6) is 5.75 Å². The minimum absolute atomic E-state index is 0.0478. The van der Waals surface area contributed by atoms with Crippen molar-refractivity contribution in [3.8, 4) is 17.0 Å². The average Bonchev–Trinajstić information content (AvgIpc) is 3.62. The van der Waals surface area contributed by atoms with Crippen LogP contribution < -0.4 is 9.46 Å². The molecule has 0 radical (unpaired) electrons. The molecule has 208 valence electrons. The zero-order valence-corrected chi connectivity index (χ0v) is 25.0. The largest absolute Gasteiger partial charge is 0.493 e. The Morgan fingerprint density at radius 2 is 1.71 bits per heavy atom. The van der Waals surface area contributed by atoms with Crippen LogP contribution >= 0.6 is 11.9 Å². The summed E-state index contributed by atoms with van der Waals surface area (Å²) < 4.78 is 18.4. The van der Waals surface area contributed by atoms with Crippen LogP contribution in [-0.2, 0) is 22.1 Å². The van der Waals surface area contributed by atoms with Gasteiger partial charge >= 0.3 is 0 Å². The first-order valence-electron chi connectivity index (χ1n) is 15.3. The van der Waals surface area contributed by atoms with E-state index in [1.165, 1.54) is 103 Å². The predicted molar refractivity (Wildman–Crippen MR) is 158 cm³/mol. The van der Waals surface area contributed by atoms with Gasteiger partial charge in [-0.3, -0.25) is 4.72 Å². The van der Waals surface area contributed by atoms with Crippen LogP contribution in [0, 0.1) is 18.8 Å². The van der Waals surface area contributed by atoms with Crippen LogP contribution in [-0.4, -0.2) is 30.9 Å². The van der Waals surface area contributed by atoms with Crippen molar-refractivity contribution >= 4 is 11.9 Å². The van der Waals surface area contributed by atoms with Gasteiger partial charge in [0, 0.05) is 59.1 Å². The molecule has 4 nitrogen and oxygen atoms in total. The van der Waals surface area contributed by atoms with E-state index in [9.17, 15) is 0 Å². The molecular weight excluding hydrogens is 488 g/mol. The highest BCUT2D eigenvalue weighted by Crippen LogP contribution is 2.58. The smallest absolute Gasteiger partial charge is 0.126 e. The third-order valence-electron chi connectivity index (χ3n) is 9.83. The van der Waals surface area contributed by atoms with E-state index in [2.05, 4.69) is 55.2 Å². The lowest BCUT2D eigenvalue weighted by Gasteiger charge is -2.33. The molecule has 1 spiro atoms. The SMILES string of the molecule is Cc1c(SNCC2CCOCC2)cc(-c2cc(C(C)(C)C)c3c(c2)C2(CCO3)CC2)n1CC1CCCCC1. The zero-order chi connectivity index (χ0) is 26.3. The van der Waals surface area contributed by atoms with Gasteiger partial charge in [-0.2, -0.15) is 0 Å². The van der Waals surface area contributed by atoms with Crippen LogP contribution in [0.2, 0.25) is 0 Å². The van der Waals surface area contributed by atoms with E-state index in [0.29, 0.717) is 5.41 Å². The van der Waals surface area contributed by atoms with Gasteiger partial charge in [0.2, 0.25) is 0 Å². The van der Waals surface area contributed by atoms with Crippen molar-refractivity contribution in [2.24, 2.45) is 11.8 Å². The lowest BCUT2D eigenvalue weighted by atomic mass is 9.79. The van der Waals surface area contributed by atoms with E-state index in [4.69, 9.17) is 9.47 Å². The van der Waals surface area contributed by atoms with Crippen LogP contribution in [0.3, 0.4) is 0 Å². The molecule has 0 unspecified atom stereocenters. The van der Waals surface area contributed by atoms with Gasteiger partial charge < -0.3 is 14.0 Å². The molecular formula is C33H48N2O2S. The Hall–Kier alpha value is -1.43. The summed E-state index contributed by atoms with van der Waals surface area (Å²) in [6, 6.07) is 7.47. The second-order valence-corrected chi connectivity index (χ2v) is 14.6. The van der Waals surface area contributed by atoms with E-state index in [1.54, 1.807) is 0 Å². The van der Waals surface area contributed by atoms with Gasteiger partial charge in [0.15, 0.2) is 0 Å². The minimum atomic E-state index is 0.0478. The lowest BCUT2D eigenvalue weighted by molar-refractivity contribution is 0.0680. The molecule has 6 rings (SSSR count). The molecule has 5 heteroatoms. The maximum atomic E-state index is 6.41. The third kappa shape index (κ3) is 5.45. The fraction of sp³-hybridized carbons (Fsp3) is 0.697. The summed E-state index contributed by atoms with van der Waals surface area (Å²) in [7, 11) is 0. The first kappa shape index (κ1) is 26.8. The molecule has 2 aliphatic heterocycles. The summed E-state index contributed by atoms with van der Waals surface area (Å²) in [6.45, 7) is 14.3. The summed E-state index contributed by atoms with van der Waals surface area (Å²) in [5.74, 6) is 2.71. The molecule has 0 amide bonds. The Bertz CT molecular complexity index is 1110. The average molecular weight is 537 g/mol. The number of hydrogen-bond acceptors (Lipinski definition) is 4. The monoisotopic (exact) mass is 536 g/mol. The molecule has 0 atom stereocenters. The number of benzene rings is 1. The summed E-state index contributed by atoms with van der Waals surface area (Å²) in [5, 5.41) is 0. The van der Waals surface area contributed by atoms with Crippen molar-refractivity contribution in [2.45, 2.75) is 114 Å². The molecule has 1 aromatic carbocycles. The fourth-order valence-electron chi connectivity index (χ4n) is 7.05. The summed E-state index contributed by atoms with van der Waals surface area (Å²) in [4.78, 5) is 1.38. The molecule has 0 bridgehead atoms. The normalized spacial score (nSPS) is 21.9. The van der Waals surface area contributed by atoms with Crippen LogP contribution in [0.25, 0.3) is 11.3 Å². The Kier molecular flexibility index (Phi) is 7.65. The van der Waals surface area contributed by atoms with Gasteiger partial charge in [0.05, 0.1) is 6.61 Å². The highest BCUT2D eigenvalue weighted by atomic mass is 32.2. The van der Waals surface area contributed by atoms with Crippen LogP contribution in [0.1, 0.15) is 102 Å². The Morgan fingerprint density at radius 3 is 2.42 bits per heavy atom. The zero-order valence-electron chi connectivity index (χ0n) is 24.2. The molecule has 1 N–H and O–H groups in total. The van der Waals surface area contributed by atoms with E-state index >= 15 is 0 Å². The van der Waals surface area contributed by atoms with E-state index in [0.717, 1.165) is 44.7 Å². The number of nitrogens with one attached hydrogen (secondary N) is 1. The molecule has 2 aromatic rings. The van der Waals surface area contributed by atoms with Crippen molar-refractivity contribution in [3.63, 3.8) is 0 Å². The molecule has 3 heterocycles. The lowest BCUT2D eigenvalue weighted by Crippen LogP contribution is -2.24. The van der Waals surface area contributed by atoms with Gasteiger partial charge in [0.1, 0.15) is 5.75 Å². The Balaban J connectivity index is 1.36. The molecule has 2 aliphatic carbocycles.